The van der Waals surface area contributed by atoms with Crippen molar-refractivity contribution in [3.63, 3.8) is 0 Å². The SMILES string of the molecule is O=C(CSc1nc2c(sc(=S)n2CC2CCCO2)c(=O)n1-c1ccc(F)cc1)Nc1nccs1. The number of thiazole rings is 2. The molecule has 4 aromatic rings. The second-order valence-electron chi connectivity index (χ2n) is 7.45. The number of carbonyl (C=O) groups is 1. The summed E-state index contributed by atoms with van der Waals surface area (Å²) in [5, 5.41) is 5.29. The Morgan fingerprint density at radius 2 is 2.18 bits per heavy atom. The van der Waals surface area contributed by atoms with Crippen molar-refractivity contribution in [1.29, 1.82) is 0 Å². The maximum Gasteiger partial charge on any atom is 0.278 e. The first-order valence-corrected chi connectivity index (χ1v) is 13.4. The first-order chi connectivity index (χ1) is 16.5. The molecule has 0 spiro atoms. The van der Waals surface area contributed by atoms with E-state index in [9.17, 15) is 14.0 Å². The Kier molecular flexibility index (Phi) is 6.88. The van der Waals surface area contributed by atoms with Gasteiger partial charge in [-0.05, 0) is 49.3 Å². The molecule has 1 unspecified atom stereocenters. The highest BCUT2D eigenvalue weighted by Crippen LogP contribution is 2.27. The lowest BCUT2D eigenvalue weighted by molar-refractivity contribution is -0.113. The molecular weight excluding hydrogens is 518 g/mol. The molecule has 4 heterocycles. The van der Waals surface area contributed by atoms with Gasteiger partial charge < -0.3 is 14.6 Å². The summed E-state index contributed by atoms with van der Waals surface area (Å²) >= 11 is 9.17. The number of ether oxygens (including phenoxy) is 1. The fraction of sp³-hybridized carbons (Fsp3) is 0.286. The van der Waals surface area contributed by atoms with Crippen LogP contribution in [0.15, 0.2) is 45.8 Å². The van der Waals surface area contributed by atoms with Crippen molar-refractivity contribution >= 4 is 68.0 Å². The van der Waals surface area contributed by atoms with Crippen molar-refractivity contribution in [3.05, 3.63) is 56.0 Å². The highest BCUT2D eigenvalue weighted by atomic mass is 32.2. The lowest BCUT2D eigenvalue weighted by Crippen LogP contribution is -2.23. The van der Waals surface area contributed by atoms with Crippen LogP contribution in [-0.4, -0.2) is 43.5 Å². The van der Waals surface area contributed by atoms with Crippen LogP contribution in [0.1, 0.15) is 12.8 Å². The molecule has 8 nitrogen and oxygen atoms in total. The van der Waals surface area contributed by atoms with E-state index >= 15 is 0 Å². The molecule has 176 valence electrons. The van der Waals surface area contributed by atoms with Gasteiger partial charge in [-0.2, -0.15) is 0 Å². The topological polar surface area (TPSA) is 91.0 Å². The molecule has 0 saturated carbocycles. The van der Waals surface area contributed by atoms with Gasteiger partial charge in [0.2, 0.25) is 5.91 Å². The number of thioether (sulfide) groups is 1. The number of nitrogens with one attached hydrogen (secondary N) is 1. The van der Waals surface area contributed by atoms with Gasteiger partial charge in [0.05, 0.1) is 24.1 Å². The molecule has 34 heavy (non-hydrogen) atoms. The average molecular weight is 536 g/mol. The number of hydrogen-bond acceptors (Lipinski definition) is 9. The summed E-state index contributed by atoms with van der Waals surface area (Å²) in [6.07, 6.45) is 3.53. The van der Waals surface area contributed by atoms with E-state index in [-0.39, 0.29) is 23.3 Å². The first-order valence-electron chi connectivity index (χ1n) is 10.4. The van der Waals surface area contributed by atoms with E-state index in [0.717, 1.165) is 24.6 Å². The molecule has 1 aromatic carbocycles. The Hall–Kier alpha value is -2.45. The predicted molar refractivity (Wildman–Crippen MR) is 134 cm³/mol. The second kappa shape index (κ2) is 10.0. The maximum atomic E-state index is 13.6. The highest BCUT2D eigenvalue weighted by Gasteiger charge is 2.22. The summed E-state index contributed by atoms with van der Waals surface area (Å²) in [5.74, 6) is -0.683. The van der Waals surface area contributed by atoms with Gasteiger partial charge in [-0.1, -0.05) is 23.1 Å². The largest absolute Gasteiger partial charge is 0.376 e. The monoisotopic (exact) mass is 535 g/mol. The predicted octanol–water partition coefficient (Wildman–Crippen LogP) is 4.48. The number of carbonyl (C=O) groups excluding carboxylic acids is 1. The summed E-state index contributed by atoms with van der Waals surface area (Å²) in [6, 6.07) is 5.57. The van der Waals surface area contributed by atoms with Crippen molar-refractivity contribution in [2.75, 3.05) is 17.7 Å². The van der Waals surface area contributed by atoms with E-state index < -0.39 is 5.82 Å². The number of halogens is 1. The van der Waals surface area contributed by atoms with E-state index in [4.69, 9.17) is 21.9 Å². The minimum absolute atomic E-state index is 0.00925. The quantitative estimate of drug-likeness (QED) is 0.212. The Morgan fingerprint density at radius 1 is 1.35 bits per heavy atom. The molecule has 1 saturated heterocycles. The van der Waals surface area contributed by atoms with E-state index in [0.29, 0.717) is 43.4 Å². The smallest absolute Gasteiger partial charge is 0.278 e. The first kappa shape index (κ1) is 23.3. The number of hydrogen-bond donors (Lipinski definition) is 1. The third-order valence-corrected chi connectivity index (χ3v) is 8.22. The third kappa shape index (κ3) is 4.84. The van der Waals surface area contributed by atoms with Gasteiger partial charge in [-0.15, -0.1) is 11.3 Å². The van der Waals surface area contributed by atoms with Crippen LogP contribution in [0, 0.1) is 9.77 Å². The number of nitrogens with zero attached hydrogens (tertiary/aromatic N) is 4. The Morgan fingerprint density at radius 3 is 2.88 bits per heavy atom. The minimum Gasteiger partial charge on any atom is -0.376 e. The van der Waals surface area contributed by atoms with E-state index in [1.165, 1.54) is 51.5 Å². The van der Waals surface area contributed by atoms with Gasteiger partial charge in [-0.3, -0.25) is 14.2 Å². The fourth-order valence-electron chi connectivity index (χ4n) is 3.61. The van der Waals surface area contributed by atoms with Gasteiger partial charge in [0.15, 0.2) is 19.9 Å². The van der Waals surface area contributed by atoms with Crippen molar-refractivity contribution < 1.29 is 13.9 Å². The number of anilines is 1. The van der Waals surface area contributed by atoms with Crippen LogP contribution in [-0.2, 0) is 16.1 Å². The molecule has 0 radical (unpaired) electrons. The van der Waals surface area contributed by atoms with Crippen LogP contribution in [0.5, 0.6) is 0 Å². The Bertz CT molecular complexity index is 1440. The zero-order valence-electron chi connectivity index (χ0n) is 17.6. The van der Waals surface area contributed by atoms with Gasteiger partial charge >= 0.3 is 0 Å². The lowest BCUT2D eigenvalue weighted by atomic mass is 10.2. The van der Waals surface area contributed by atoms with Gasteiger partial charge in [-0.25, -0.2) is 14.4 Å². The molecule has 1 fully saturated rings. The van der Waals surface area contributed by atoms with Crippen LogP contribution in [0.3, 0.4) is 0 Å². The van der Waals surface area contributed by atoms with Crippen LogP contribution in [0.25, 0.3) is 16.0 Å². The van der Waals surface area contributed by atoms with Crippen LogP contribution >= 0.6 is 46.7 Å². The molecule has 5 rings (SSSR count). The number of fused-ring (bicyclic) bond motifs is 1. The molecule has 1 N–H and O–H groups in total. The van der Waals surface area contributed by atoms with E-state index in [1.54, 1.807) is 11.6 Å². The van der Waals surface area contributed by atoms with Crippen molar-refractivity contribution in [2.45, 2.75) is 30.6 Å². The van der Waals surface area contributed by atoms with Crippen molar-refractivity contribution in [3.8, 4) is 5.69 Å². The molecule has 0 bridgehead atoms. The normalized spacial score (nSPS) is 15.7. The molecule has 1 aliphatic heterocycles. The van der Waals surface area contributed by atoms with Crippen LogP contribution in [0.4, 0.5) is 9.52 Å². The molecule has 1 atom stereocenters. The zero-order valence-corrected chi connectivity index (χ0v) is 20.9. The maximum absolute atomic E-state index is 13.6. The summed E-state index contributed by atoms with van der Waals surface area (Å²) in [4.78, 5) is 34.8. The molecular formula is C21H18FN5O3S4. The summed E-state index contributed by atoms with van der Waals surface area (Å²) in [5.41, 5.74) is 0.604. The average Bonchev–Trinajstić information content (AvgIpc) is 3.58. The van der Waals surface area contributed by atoms with Crippen LogP contribution < -0.4 is 10.9 Å². The van der Waals surface area contributed by atoms with Crippen molar-refractivity contribution in [1.82, 2.24) is 19.1 Å². The van der Waals surface area contributed by atoms with E-state index in [2.05, 4.69) is 10.3 Å². The fourth-order valence-corrected chi connectivity index (χ4v) is 6.24. The Labute approximate surface area is 210 Å². The summed E-state index contributed by atoms with van der Waals surface area (Å²) in [7, 11) is 0. The zero-order chi connectivity index (χ0) is 23.7. The number of amides is 1. The number of benzene rings is 1. The number of aromatic nitrogens is 4. The second-order valence-corrected chi connectivity index (χ2v) is 10.9. The Balaban J connectivity index is 1.55. The third-order valence-electron chi connectivity index (χ3n) is 5.16. The molecule has 0 aliphatic carbocycles. The molecule has 1 aliphatic rings. The minimum atomic E-state index is -0.416. The van der Waals surface area contributed by atoms with Gasteiger partial charge in [0.25, 0.3) is 5.56 Å². The highest BCUT2D eigenvalue weighted by molar-refractivity contribution is 7.99. The summed E-state index contributed by atoms with van der Waals surface area (Å²) < 4.78 is 23.5. The molecule has 1 amide bonds. The van der Waals surface area contributed by atoms with E-state index in [1.807, 2.05) is 4.57 Å². The lowest BCUT2D eigenvalue weighted by Gasteiger charge is -2.14. The van der Waals surface area contributed by atoms with Crippen molar-refractivity contribution in [2.24, 2.45) is 0 Å². The summed E-state index contributed by atoms with van der Waals surface area (Å²) in [6.45, 7) is 1.22. The molecule has 13 heteroatoms. The van der Waals surface area contributed by atoms with Crippen LogP contribution in [0.2, 0.25) is 0 Å². The molecule has 3 aromatic heterocycles. The van der Waals surface area contributed by atoms with Gasteiger partial charge in [0, 0.05) is 18.2 Å². The number of rotatable bonds is 7. The van der Waals surface area contributed by atoms with Gasteiger partial charge in [0.1, 0.15) is 10.5 Å². The standard InChI is InChI=1S/C21H18FN5O3S4/c22-12-3-5-13(6-4-12)27-18(29)16-17(26(21(31)34-16)10-14-2-1-8-30-14)25-20(27)33-11-15(28)24-19-23-7-9-32-19/h3-7,9,14H,1-2,8,10-11H2,(H,23,24,28).